The Kier molecular flexibility index (Phi) is 5.64. The molecule has 1 amide bonds. The van der Waals surface area contributed by atoms with Crippen LogP contribution in [0.4, 0.5) is 0 Å². The maximum atomic E-state index is 12.8. The van der Waals surface area contributed by atoms with E-state index >= 15 is 0 Å². The zero-order chi connectivity index (χ0) is 19.4. The fourth-order valence-corrected chi connectivity index (χ4v) is 3.36. The molecule has 0 bridgehead atoms. The van der Waals surface area contributed by atoms with Crippen LogP contribution >= 0.6 is 0 Å². The molecule has 0 unspecified atom stereocenters. The Bertz CT molecular complexity index is 801. The average Bonchev–Trinajstić information content (AvgIpc) is 2.68. The predicted molar refractivity (Wildman–Crippen MR) is 106 cm³/mol. The van der Waals surface area contributed by atoms with Crippen molar-refractivity contribution < 1.29 is 14.3 Å². The monoisotopic (exact) mass is 365 g/mol. The molecule has 27 heavy (non-hydrogen) atoms. The van der Waals surface area contributed by atoms with E-state index in [9.17, 15) is 9.59 Å². The lowest BCUT2D eigenvalue weighted by molar-refractivity contribution is -0.146. The molecule has 1 fully saturated rings. The van der Waals surface area contributed by atoms with Crippen LogP contribution in [0.1, 0.15) is 54.6 Å². The van der Waals surface area contributed by atoms with Crippen molar-refractivity contribution in [2.75, 3.05) is 13.1 Å². The molecule has 0 radical (unpaired) electrons. The number of hydrogen-bond acceptors (Lipinski definition) is 3. The van der Waals surface area contributed by atoms with Gasteiger partial charge in [0.05, 0.1) is 0 Å². The Morgan fingerprint density at radius 2 is 1.37 bits per heavy atom. The van der Waals surface area contributed by atoms with Gasteiger partial charge in [-0.15, -0.1) is 0 Å². The standard InChI is InChI=1S/C23H27NO3/c1-17-7-9-18(10-8-17)21(25)19-11-13-20(14-12-19)27-23(2,3)22(26)24-15-5-4-6-16-24/h7-14H,4-6,15-16H2,1-3H3. The molecule has 4 nitrogen and oxygen atoms in total. The number of carbonyl (C=O) groups is 2. The van der Waals surface area contributed by atoms with Gasteiger partial charge in [0.1, 0.15) is 5.75 Å². The number of ketones is 1. The highest BCUT2D eigenvalue weighted by Gasteiger charge is 2.34. The third kappa shape index (κ3) is 4.57. The minimum atomic E-state index is -0.931. The van der Waals surface area contributed by atoms with E-state index in [4.69, 9.17) is 4.74 Å². The van der Waals surface area contributed by atoms with Crippen molar-refractivity contribution in [2.45, 2.75) is 45.6 Å². The van der Waals surface area contributed by atoms with E-state index in [1.165, 1.54) is 6.42 Å². The third-order valence-corrected chi connectivity index (χ3v) is 4.96. The number of amides is 1. The molecule has 0 saturated carbocycles. The van der Waals surface area contributed by atoms with E-state index < -0.39 is 5.60 Å². The minimum Gasteiger partial charge on any atom is -0.478 e. The van der Waals surface area contributed by atoms with Crippen LogP contribution in [0.3, 0.4) is 0 Å². The van der Waals surface area contributed by atoms with Crippen molar-refractivity contribution in [3.05, 3.63) is 65.2 Å². The number of hydrogen-bond donors (Lipinski definition) is 0. The number of ether oxygens (including phenoxy) is 1. The maximum absolute atomic E-state index is 12.8. The van der Waals surface area contributed by atoms with Crippen molar-refractivity contribution in [1.82, 2.24) is 4.90 Å². The van der Waals surface area contributed by atoms with Crippen LogP contribution in [-0.4, -0.2) is 35.3 Å². The van der Waals surface area contributed by atoms with Gasteiger partial charge in [-0.05, 0) is 64.3 Å². The molecule has 0 aromatic heterocycles. The lowest BCUT2D eigenvalue weighted by Gasteiger charge is -2.34. The Morgan fingerprint density at radius 3 is 1.93 bits per heavy atom. The first kappa shape index (κ1) is 19.2. The molecule has 0 spiro atoms. The Labute approximate surface area is 161 Å². The lowest BCUT2D eigenvalue weighted by atomic mass is 10.0. The zero-order valence-electron chi connectivity index (χ0n) is 16.3. The Morgan fingerprint density at radius 1 is 0.852 bits per heavy atom. The fourth-order valence-electron chi connectivity index (χ4n) is 3.36. The molecule has 2 aromatic rings. The van der Waals surface area contributed by atoms with E-state index in [1.54, 1.807) is 38.1 Å². The molecule has 4 heteroatoms. The van der Waals surface area contributed by atoms with Gasteiger partial charge < -0.3 is 9.64 Å². The smallest absolute Gasteiger partial charge is 0.266 e. The summed E-state index contributed by atoms with van der Waals surface area (Å²) in [5.74, 6) is 0.582. The van der Waals surface area contributed by atoms with E-state index in [2.05, 4.69) is 0 Å². The zero-order valence-corrected chi connectivity index (χ0v) is 16.3. The minimum absolute atomic E-state index is 0.0157. The number of piperidine rings is 1. The van der Waals surface area contributed by atoms with Gasteiger partial charge in [-0.1, -0.05) is 29.8 Å². The first-order chi connectivity index (χ1) is 12.9. The summed E-state index contributed by atoms with van der Waals surface area (Å²) in [6.07, 6.45) is 3.29. The van der Waals surface area contributed by atoms with Gasteiger partial charge in [-0.25, -0.2) is 0 Å². The number of carbonyl (C=O) groups excluding carboxylic acids is 2. The van der Waals surface area contributed by atoms with Crippen LogP contribution < -0.4 is 4.74 Å². The number of rotatable bonds is 5. The van der Waals surface area contributed by atoms with Gasteiger partial charge in [-0.2, -0.15) is 0 Å². The number of benzene rings is 2. The van der Waals surface area contributed by atoms with Crippen molar-refractivity contribution >= 4 is 11.7 Å². The van der Waals surface area contributed by atoms with Crippen molar-refractivity contribution in [3.8, 4) is 5.75 Å². The second-order valence-electron chi connectivity index (χ2n) is 7.68. The maximum Gasteiger partial charge on any atom is 0.266 e. The van der Waals surface area contributed by atoms with E-state index in [0.29, 0.717) is 16.9 Å². The molecule has 2 aromatic carbocycles. The van der Waals surface area contributed by atoms with Gasteiger partial charge >= 0.3 is 0 Å². The molecular formula is C23H27NO3. The largest absolute Gasteiger partial charge is 0.478 e. The van der Waals surface area contributed by atoms with E-state index in [-0.39, 0.29) is 11.7 Å². The number of likely N-dealkylation sites (tertiary alicyclic amines) is 1. The summed E-state index contributed by atoms with van der Waals surface area (Å²) >= 11 is 0. The topological polar surface area (TPSA) is 46.6 Å². The van der Waals surface area contributed by atoms with Crippen LogP contribution in [-0.2, 0) is 4.79 Å². The first-order valence-corrected chi connectivity index (χ1v) is 9.57. The summed E-state index contributed by atoms with van der Waals surface area (Å²) in [5.41, 5.74) is 1.46. The molecule has 1 heterocycles. The third-order valence-electron chi connectivity index (χ3n) is 4.96. The van der Waals surface area contributed by atoms with Gasteiger partial charge in [0, 0.05) is 24.2 Å². The first-order valence-electron chi connectivity index (χ1n) is 9.57. The van der Waals surface area contributed by atoms with Gasteiger partial charge in [-0.3, -0.25) is 9.59 Å². The lowest BCUT2D eigenvalue weighted by Crippen LogP contribution is -2.50. The molecule has 3 rings (SSSR count). The highest BCUT2D eigenvalue weighted by molar-refractivity contribution is 6.09. The van der Waals surface area contributed by atoms with Crippen LogP contribution in [0.5, 0.6) is 5.75 Å². The Balaban J connectivity index is 1.68. The summed E-state index contributed by atoms with van der Waals surface area (Å²) in [7, 11) is 0. The Hall–Kier alpha value is -2.62. The molecule has 0 atom stereocenters. The molecule has 1 saturated heterocycles. The van der Waals surface area contributed by atoms with Crippen LogP contribution in [0.2, 0.25) is 0 Å². The summed E-state index contributed by atoms with van der Waals surface area (Å²) in [6, 6.07) is 14.5. The number of aryl methyl sites for hydroxylation is 1. The van der Waals surface area contributed by atoms with E-state index in [1.807, 2.05) is 36.1 Å². The molecule has 0 aliphatic carbocycles. The summed E-state index contributed by atoms with van der Waals surface area (Å²) < 4.78 is 5.97. The van der Waals surface area contributed by atoms with Crippen molar-refractivity contribution in [3.63, 3.8) is 0 Å². The van der Waals surface area contributed by atoms with Crippen LogP contribution in [0, 0.1) is 6.92 Å². The number of nitrogens with zero attached hydrogens (tertiary/aromatic N) is 1. The highest BCUT2D eigenvalue weighted by Crippen LogP contribution is 2.23. The summed E-state index contributed by atoms with van der Waals surface area (Å²) in [5, 5.41) is 0. The van der Waals surface area contributed by atoms with Crippen molar-refractivity contribution in [2.24, 2.45) is 0 Å². The molecular weight excluding hydrogens is 338 g/mol. The average molecular weight is 365 g/mol. The molecule has 1 aliphatic heterocycles. The van der Waals surface area contributed by atoms with Gasteiger partial charge in [0.15, 0.2) is 11.4 Å². The van der Waals surface area contributed by atoms with Crippen LogP contribution in [0.15, 0.2) is 48.5 Å². The van der Waals surface area contributed by atoms with Gasteiger partial charge in [0.25, 0.3) is 5.91 Å². The molecule has 1 aliphatic rings. The quantitative estimate of drug-likeness (QED) is 0.738. The predicted octanol–water partition coefficient (Wildman–Crippen LogP) is 4.40. The summed E-state index contributed by atoms with van der Waals surface area (Å²) in [4.78, 5) is 27.2. The highest BCUT2D eigenvalue weighted by atomic mass is 16.5. The second-order valence-corrected chi connectivity index (χ2v) is 7.68. The van der Waals surface area contributed by atoms with Crippen LogP contribution in [0.25, 0.3) is 0 Å². The fraction of sp³-hybridized carbons (Fsp3) is 0.391. The summed E-state index contributed by atoms with van der Waals surface area (Å²) in [6.45, 7) is 7.20. The normalized spacial score (nSPS) is 14.7. The second kappa shape index (κ2) is 7.95. The van der Waals surface area contributed by atoms with Crippen molar-refractivity contribution in [1.29, 1.82) is 0 Å². The molecule has 142 valence electrons. The van der Waals surface area contributed by atoms with Gasteiger partial charge in [0.2, 0.25) is 0 Å². The van der Waals surface area contributed by atoms with E-state index in [0.717, 1.165) is 31.5 Å². The molecule has 0 N–H and O–H groups in total. The SMILES string of the molecule is Cc1ccc(C(=O)c2ccc(OC(C)(C)C(=O)N3CCCCC3)cc2)cc1.